The summed E-state index contributed by atoms with van der Waals surface area (Å²) in [7, 11) is 0. The van der Waals surface area contributed by atoms with E-state index in [1.54, 1.807) is 0 Å². The molecule has 1 heteroatoms. The van der Waals surface area contributed by atoms with Crippen LogP contribution in [-0.2, 0) is 11.8 Å². The summed E-state index contributed by atoms with van der Waals surface area (Å²) in [4.78, 5) is 0. The molecule has 0 saturated carbocycles. The maximum Gasteiger partial charge on any atom is 0.135 e. The van der Waals surface area contributed by atoms with Crippen molar-refractivity contribution in [3.8, 4) is 33.4 Å². The fraction of sp³-hybridized carbons (Fsp3) is 0.167. The molecule has 0 radical (unpaired) electrons. The van der Waals surface area contributed by atoms with Crippen molar-refractivity contribution in [2.24, 2.45) is 0 Å². The number of furan rings is 1. The Morgan fingerprint density at radius 3 is 2.19 bits per heavy atom. The van der Waals surface area contributed by atoms with Crippen molar-refractivity contribution in [2.45, 2.75) is 39.5 Å². The van der Waals surface area contributed by atoms with E-state index in [4.69, 9.17) is 4.42 Å². The van der Waals surface area contributed by atoms with Gasteiger partial charge in [0.05, 0.1) is 0 Å². The van der Waals surface area contributed by atoms with Crippen LogP contribution in [0.1, 0.15) is 43.0 Å². The number of fused-ring (bicyclic) bond motifs is 6. The van der Waals surface area contributed by atoms with Gasteiger partial charge in [0, 0.05) is 16.2 Å². The van der Waals surface area contributed by atoms with Crippen LogP contribution in [0.5, 0.6) is 0 Å². The molecule has 5 aromatic carbocycles. The Morgan fingerprint density at radius 1 is 0.595 bits per heavy atom. The van der Waals surface area contributed by atoms with Crippen LogP contribution < -0.4 is 0 Å². The number of benzene rings is 5. The van der Waals surface area contributed by atoms with Crippen molar-refractivity contribution in [2.75, 3.05) is 0 Å². The smallest absolute Gasteiger partial charge is 0.135 e. The highest BCUT2D eigenvalue weighted by molar-refractivity contribution is 6.07. The summed E-state index contributed by atoms with van der Waals surface area (Å²) < 4.78 is 6.25. The van der Waals surface area contributed by atoms with Crippen LogP contribution in [0.2, 0.25) is 0 Å². The lowest BCUT2D eigenvalue weighted by Crippen LogP contribution is -2.15. The minimum absolute atomic E-state index is 0.101. The zero-order chi connectivity index (χ0) is 25.3. The van der Waals surface area contributed by atoms with Gasteiger partial charge >= 0.3 is 0 Å². The van der Waals surface area contributed by atoms with Gasteiger partial charge in [-0.15, -0.1) is 0 Å². The molecule has 0 N–H and O–H groups in total. The Bertz CT molecular complexity index is 1850. The molecule has 0 fully saturated rings. The van der Waals surface area contributed by atoms with Gasteiger partial charge in [-0.2, -0.15) is 0 Å². The molecule has 0 bridgehead atoms. The first kappa shape index (κ1) is 22.1. The SMILES string of the molecule is CCc1ccccc1-c1cc(-c2ccc3c(c2)C(C)(C)c2cc4oc5ccccc5c4cc2-3)ccc1C. The van der Waals surface area contributed by atoms with Gasteiger partial charge in [-0.25, -0.2) is 0 Å². The van der Waals surface area contributed by atoms with Crippen LogP contribution in [0.25, 0.3) is 55.3 Å². The van der Waals surface area contributed by atoms with Crippen molar-refractivity contribution in [3.05, 3.63) is 119 Å². The predicted octanol–water partition coefficient (Wildman–Crippen LogP) is 10.1. The van der Waals surface area contributed by atoms with Gasteiger partial charge in [0.1, 0.15) is 11.2 Å². The van der Waals surface area contributed by atoms with E-state index in [0.717, 1.165) is 17.6 Å². The Labute approximate surface area is 218 Å². The van der Waals surface area contributed by atoms with E-state index in [1.807, 2.05) is 6.07 Å². The third-order valence-electron chi connectivity index (χ3n) is 8.43. The maximum absolute atomic E-state index is 6.25. The Morgan fingerprint density at radius 2 is 1.32 bits per heavy atom. The minimum Gasteiger partial charge on any atom is -0.456 e. The molecule has 1 nitrogen and oxygen atoms in total. The molecule has 0 amide bonds. The van der Waals surface area contributed by atoms with E-state index < -0.39 is 0 Å². The van der Waals surface area contributed by atoms with Crippen molar-refractivity contribution >= 4 is 21.9 Å². The normalized spacial score (nSPS) is 13.7. The lowest BCUT2D eigenvalue weighted by Gasteiger charge is -2.22. The van der Waals surface area contributed by atoms with Gasteiger partial charge < -0.3 is 4.42 Å². The van der Waals surface area contributed by atoms with Crippen molar-refractivity contribution in [1.82, 2.24) is 0 Å². The second-order valence-corrected chi connectivity index (χ2v) is 10.9. The zero-order valence-corrected chi connectivity index (χ0v) is 21.9. The molecule has 1 aliphatic rings. The van der Waals surface area contributed by atoms with E-state index in [1.165, 1.54) is 66.4 Å². The summed E-state index contributed by atoms with van der Waals surface area (Å²) in [5, 5.41) is 2.38. The Balaban J connectivity index is 1.38. The van der Waals surface area contributed by atoms with E-state index in [-0.39, 0.29) is 5.41 Å². The average molecular weight is 479 g/mol. The lowest BCUT2D eigenvalue weighted by atomic mass is 9.81. The first-order valence-corrected chi connectivity index (χ1v) is 13.3. The largest absolute Gasteiger partial charge is 0.456 e. The Kier molecular flexibility index (Phi) is 4.75. The van der Waals surface area contributed by atoms with E-state index in [9.17, 15) is 0 Å². The zero-order valence-electron chi connectivity index (χ0n) is 21.9. The molecule has 7 rings (SSSR count). The lowest BCUT2D eigenvalue weighted by molar-refractivity contribution is 0.647. The van der Waals surface area contributed by atoms with Gasteiger partial charge in [-0.05, 0) is 99.3 Å². The number of rotatable bonds is 3. The monoisotopic (exact) mass is 478 g/mol. The molecule has 1 aromatic heterocycles. The van der Waals surface area contributed by atoms with Crippen LogP contribution in [-0.4, -0.2) is 0 Å². The molecular weight excluding hydrogens is 448 g/mol. The molecule has 0 aliphatic heterocycles. The highest BCUT2D eigenvalue weighted by Crippen LogP contribution is 2.51. The third kappa shape index (κ3) is 3.23. The second-order valence-electron chi connectivity index (χ2n) is 10.9. The number of para-hydroxylation sites is 1. The molecule has 0 spiro atoms. The first-order valence-electron chi connectivity index (χ1n) is 13.3. The van der Waals surface area contributed by atoms with Gasteiger partial charge in [0.25, 0.3) is 0 Å². The second kappa shape index (κ2) is 7.95. The van der Waals surface area contributed by atoms with Crippen LogP contribution in [0, 0.1) is 6.92 Å². The molecule has 1 heterocycles. The predicted molar refractivity (Wildman–Crippen MR) is 156 cm³/mol. The van der Waals surface area contributed by atoms with Crippen LogP contribution in [0.3, 0.4) is 0 Å². The van der Waals surface area contributed by atoms with E-state index in [0.29, 0.717) is 0 Å². The maximum atomic E-state index is 6.25. The molecule has 37 heavy (non-hydrogen) atoms. The summed E-state index contributed by atoms with van der Waals surface area (Å²) in [6.45, 7) is 9.13. The summed E-state index contributed by atoms with van der Waals surface area (Å²) in [5.41, 5.74) is 15.1. The molecule has 0 saturated heterocycles. The van der Waals surface area contributed by atoms with Gasteiger partial charge in [-0.3, -0.25) is 0 Å². The number of aryl methyl sites for hydroxylation is 2. The standard InChI is InChI=1S/C36H30O/c1-5-23-10-6-7-11-26(23)29-18-24(15-14-22(29)2)25-16-17-27-30-20-31-28-12-8-9-13-34(28)37-35(31)21-33(30)36(3,4)32(27)19-25/h6-21H,5H2,1-4H3. The van der Waals surface area contributed by atoms with Crippen LogP contribution >= 0.6 is 0 Å². The molecule has 0 unspecified atom stereocenters. The van der Waals surface area contributed by atoms with E-state index in [2.05, 4.69) is 119 Å². The van der Waals surface area contributed by atoms with Crippen LogP contribution in [0.4, 0.5) is 0 Å². The van der Waals surface area contributed by atoms with Crippen LogP contribution in [0.15, 0.2) is 101 Å². The quantitative estimate of drug-likeness (QED) is 0.247. The molecule has 0 atom stereocenters. The Hall–Kier alpha value is -4.10. The third-order valence-corrected chi connectivity index (χ3v) is 8.43. The molecule has 6 aromatic rings. The molecular formula is C36H30O. The summed E-state index contributed by atoms with van der Waals surface area (Å²) in [6, 6.07) is 35.7. The average Bonchev–Trinajstić information content (AvgIpc) is 3.39. The van der Waals surface area contributed by atoms with Crippen molar-refractivity contribution in [1.29, 1.82) is 0 Å². The number of hydrogen-bond donors (Lipinski definition) is 0. The van der Waals surface area contributed by atoms with Gasteiger partial charge in [0.2, 0.25) is 0 Å². The summed E-state index contributed by atoms with van der Waals surface area (Å²) >= 11 is 0. The molecule has 180 valence electrons. The highest BCUT2D eigenvalue weighted by Gasteiger charge is 2.36. The van der Waals surface area contributed by atoms with Crippen molar-refractivity contribution in [3.63, 3.8) is 0 Å². The fourth-order valence-corrected chi connectivity index (χ4v) is 6.32. The summed E-state index contributed by atoms with van der Waals surface area (Å²) in [6.07, 6.45) is 1.03. The fourth-order valence-electron chi connectivity index (χ4n) is 6.32. The summed E-state index contributed by atoms with van der Waals surface area (Å²) in [5.74, 6) is 0. The van der Waals surface area contributed by atoms with Gasteiger partial charge in [0.15, 0.2) is 0 Å². The topological polar surface area (TPSA) is 13.1 Å². The number of hydrogen-bond acceptors (Lipinski definition) is 1. The van der Waals surface area contributed by atoms with E-state index >= 15 is 0 Å². The first-order chi connectivity index (χ1) is 18.0. The minimum atomic E-state index is -0.101. The van der Waals surface area contributed by atoms with Gasteiger partial charge in [-0.1, -0.05) is 87.5 Å². The highest BCUT2D eigenvalue weighted by atomic mass is 16.3. The van der Waals surface area contributed by atoms with Crippen molar-refractivity contribution < 1.29 is 4.42 Å². The molecule has 1 aliphatic carbocycles.